The number of hydrogen-bond acceptors (Lipinski definition) is 5. The minimum Gasteiger partial charge on any atom is -0.497 e. The van der Waals surface area contributed by atoms with Crippen LogP contribution in [0, 0.1) is 5.82 Å². The maximum absolute atomic E-state index is 13.5. The molecule has 4 aromatic rings. The maximum atomic E-state index is 13.5. The number of methoxy groups -OCH3 is 1. The molecule has 176 valence electrons. The number of aromatic nitrogens is 2. The molecule has 1 unspecified atom stereocenters. The second-order valence-electron chi connectivity index (χ2n) is 7.90. The van der Waals surface area contributed by atoms with Crippen LogP contribution in [0.15, 0.2) is 83.0 Å². The van der Waals surface area contributed by atoms with E-state index in [9.17, 15) is 9.18 Å². The van der Waals surface area contributed by atoms with Crippen LogP contribution in [-0.2, 0) is 0 Å². The average molecular weight is 491 g/mol. The lowest BCUT2D eigenvalue weighted by molar-refractivity contribution is 0.244. The number of allylic oxidation sites excluding steroid dienone is 1. The largest absolute Gasteiger partial charge is 0.497 e. The van der Waals surface area contributed by atoms with Gasteiger partial charge in [-0.15, -0.1) is 0 Å². The summed E-state index contributed by atoms with van der Waals surface area (Å²) in [4.78, 5) is 19.3. The lowest BCUT2D eigenvalue weighted by Gasteiger charge is -2.35. The molecular weight excluding hydrogens is 471 g/mol. The van der Waals surface area contributed by atoms with Crippen molar-refractivity contribution in [3.63, 3.8) is 0 Å². The molecule has 0 bridgehead atoms. The van der Waals surface area contributed by atoms with Gasteiger partial charge in [-0.1, -0.05) is 41.0 Å². The molecule has 0 saturated heterocycles. The molecule has 2 heterocycles. The van der Waals surface area contributed by atoms with Crippen LogP contribution in [0.1, 0.15) is 24.4 Å². The second kappa shape index (κ2) is 9.23. The zero-order valence-electron chi connectivity index (χ0n) is 18.8. The molecule has 1 atom stereocenters. The number of amides is 2. The summed E-state index contributed by atoms with van der Waals surface area (Å²) in [6.07, 6.45) is 0. The van der Waals surface area contributed by atoms with Crippen LogP contribution in [0.3, 0.4) is 0 Å². The third-order valence-electron chi connectivity index (χ3n) is 5.76. The molecule has 9 heteroatoms. The van der Waals surface area contributed by atoms with Gasteiger partial charge in [-0.2, -0.15) is 4.98 Å². The number of benzene rings is 3. The van der Waals surface area contributed by atoms with Crippen LogP contribution in [0.5, 0.6) is 5.75 Å². The predicted molar refractivity (Wildman–Crippen MR) is 130 cm³/mol. The number of nitrogens with one attached hydrogen (secondary N) is 1. The van der Waals surface area contributed by atoms with Gasteiger partial charge in [-0.05, 0) is 61.0 Å². The van der Waals surface area contributed by atoms with E-state index in [1.165, 1.54) is 29.2 Å². The summed E-state index contributed by atoms with van der Waals surface area (Å²) in [5.74, 6) is 0.884. The summed E-state index contributed by atoms with van der Waals surface area (Å²) >= 11 is 6.08. The minimum absolute atomic E-state index is 0.243. The Morgan fingerprint density at radius 1 is 1.09 bits per heavy atom. The van der Waals surface area contributed by atoms with Crippen LogP contribution in [0.25, 0.3) is 17.0 Å². The van der Waals surface area contributed by atoms with Crippen LogP contribution in [-0.4, -0.2) is 23.3 Å². The Bertz CT molecular complexity index is 1420. The smallest absolute Gasteiger partial charge is 0.326 e. The van der Waals surface area contributed by atoms with Gasteiger partial charge in [0.2, 0.25) is 5.82 Å². The lowest BCUT2D eigenvalue weighted by Crippen LogP contribution is -2.46. The first kappa shape index (κ1) is 22.6. The molecule has 5 rings (SSSR count). The molecule has 1 aromatic heterocycles. The summed E-state index contributed by atoms with van der Waals surface area (Å²) in [7, 11) is 1.58. The molecule has 3 aromatic carbocycles. The van der Waals surface area contributed by atoms with Crippen molar-refractivity contribution in [1.29, 1.82) is 0 Å². The van der Waals surface area contributed by atoms with Gasteiger partial charge >= 0.3 is 6.03 Å². The van der Waals surface area contributed by atoms with Crippen molar-refractivity contribution in [2.24, 2.45) is 0 Å². The summed E-state index contributed by atoms with van der Waals surface area (Å²) in [5, 5.41) is 7.74. The van der Waals surface area contributed by atoms with Gasteiger partial charge < -0.3 is 14.6 Å². The third-order valence-corrected chi connectivity index (χ3v) is 6.01. The van der Waals surface area contributed by atoms with E-state index in [2.05, 4.69) is 15.5 Å². The molecule has 0 saturated carbocycles. The molecule has 1 N–H and O–H groups in total. The van der Waals surface area contributed by atoms with Crippen LogP contribution in [0.2, 0.25) is 5.02 Å². The molecule has 0 aliphatic carbocycles. The van der Waals surface area contributed by atoms with Gasteiger partial charge in [0.25, 0.3) is 5.89 Å². The fourth-order valence-corrected chi connectivity index (χ4v) is 4.16. The molecule has 1 aliphatic rings. The Balaban J connectivity index is 1.64. The topological polar surface area (TPSA) is 80.5 Å². The SMILES string of the molecule is COc1cccc(-c2noc(C3=C(C)N(c4ccc(F)cc4)C(=O)NC3c3ccc(Cl)cc3)n2)c1. The van der Waals surface area contributed by atoms with Crippen LogP contribution >= 0.6 is 11.6 Å². The summed E-state index contributed by atoms with van der Waals surface area (Å²) in [5.41, 5.74) is 3.19. The van der Waals surface area contributed by atoms with Gasteiger partial charge in [0, 0.05) is 16.3 Å². The van der Waals surface area contributed by atoms with E-state index in [0.717, 1.165) is 11.1 Å². The van der Waals surface area contributed by atoms with E-state index in [-0.39, 0.29) is 11.9 Å². The summed E-state index contributed by atoms with van der Waals surface area (Å²) < 4.78 is 24.5. The number of anilines is 1. The molecule has 2 amide bonds. The van der Waals surface area contributed by atoms with Gasteiger partial charge in [-0.3, -0.25) is 4.90 Å². The Morgan fingerprint density at radius 2 is 1.83 bits per heavy atom. The Morgan fingerprint density at radius 3 is 2.54 bits per heavy atom. The van der Waals surface area contributed by atoms with Crippen molar-refractivity contribution in [2.75, 3.05) is 12.0 Å². The number of urea groups is 1. The Hall–Kier alpha value is -4.17. The minimum atomic E-state index is -0.574. The summed E-state index contributed by atoms with van der Waals surface area (Å²) in [6.45, 7) is 1.79. The molecular formula is C26H20ClFN4O3. The quantitative estimate of drug-likeness (QED) is 0.358. The molecule has 1 aliphatic heterocycles. The van der Waals surface area contributed by atoms with Crippen LogP contribution in [0.4, 0.5) is 14.9 Å². The van der Waals surface area contributed by atoms with Gasteiger partial charge in [0.15, 0.2) is 0 Å². The maximum Gasteiger partial charge on any atom is 0.326 e. The fraction of sp³-hybridized carbons (Fsp3) is 0.115. The Labute approximate surface area is 205 Å². The van der Waals surface area contributed by atoms with Crippen molar-refractivity contribution in [1.82, 2.24) is 15.5 Å². The number of ether oxygens (including phenoxy) is 1. The molecule has 35 heavy (non-hydrogen) atoms. The van der Waals surface area contributed by atoms with Crippen molar-refractivity contribution in [3.05, 3.63) is 101 Å². The Kier molecular flexibility index (Phi) is 5.96. The van der Waals surface area contributed by atoms with Crippen molar-refractivity contribution in [2.45, 2.75) is 13.0 Å². The van der Waals surface area contributed by atoms with Gasteiger partial charge in [-0.25, -0.2) is 9.18 Å². The predicted octanol–water partition coefficient (Wildman–Crippen LogP) is 6.24. The number of carbonyl (C=O) groups excluding carboxylic acids is 1. The fourth-order valence-electron chi connectivity index (χ4n) is 4.04. The zero-order valence-corrected chi connectivity index (χ0v) is 19.6. The first-order chi connectivity index (χ1) is 16.9. The molecule has 0 radical (unpaired) electrons. The second-order valence-corrected chi connectivity index (χ2v) is 8.34. The van der Waals surface area contributed by atoms with E-state index >= 15 is 0 Å². The highest BCUT2D eigenvalue weighted by Gasteiger charge is 2.36. The van der Waals surface area contributed by atoms with Gasteiger partial charge in [0.1, 0.15) is 11.6 Å². The monoisotopic (exact) mass is 490 g/mol. The average Bonchev–Trinajstić information content (AvgIpc) is 3.35. The zero-order chi connectivity index (χ0) is 24.5. The summed E-state index contributed by atoms with van der Waals surface area (Å²) in [6, 6.07) is 19.2. The standard InChI is InChI=1S/C26H20ClFN4O3/c1-15-22(25-30-24(31-35-25)17-4-3-5-21(14-17)34-2)23(16-6-8-18(27)9-7-16)29-26(33)32(15)20-12-10-19(28)11-13-20/h3-14,23H,1-2H3,(H,29,33). The number of rotatable bonds is 5. The van der Waals surface area contributed by atoms with Crippen LogP contribution < -0.4 is 15.0 Å². The van der Waals surface area contributed by atoms with E-state index in [4.69, 9.17) is 20.9 Å². The van der Waals surface area contributed by atoms with Crippen molar-refractivity contribution in [3.8, 4) is 17.1 Å². The first-order valence-electron chi connectivity index (χ1n) is 10.8. The van der Waals surface area contributed by atoms with Gasteiger partial charge in [0.05, 0.1) is 24.4 Å². The highest BCUT2D eigenvalue weighted by Crippen LogP contribution is 2.39. The number of nitrogens with zero attached hydrogens (tertiary/aromatic N) is 3. The molecule has 7 nitrogen and oxygen atoms in total. The normalized spacial score (nSPS) is 15.8. The third kappa shape index (κ3) is 4.36. The van der Waals surface area contributed by atoms with E-state index in [0.29, 0.717) is 33.6 Å². The number of carbonyl (C=O) groups is 1. The number of hydrogen-bond donors (Lipinski definition) is 1. The highest BCUT2D eigenvalue weighted by molar-refractivity contribution is 6.30. The number of halogens is 2. The first-order valence-corrected chi connectivity index (χ1v) is 11.1. The van der Waals surface area contributed by atoms with Crippen molar-refractivity contribution < 1.29 is 18.4 Å². The lowest BCUT2D eigenvalue weighted by atomic mass is 9.94. The van der Waals surface area contributed by atoms with E-state index in [1.54, 1.807) is 32.2 Å². The van der Waals surface area contributed by atoms with E-state index in [1.807, 2.05) is 30.3 Å². The van der Waals surface area contributed by atoms with E-state index < -0.39 is 11.9 Å². The molecule has 0 spiro atoms. The molecule has 0 fully saturated rings. The van der Waals surface area contributed by atoms with Crippen molar-refractivity contribution >= 4 is 28.9 Å². The highest BCUT2D eigenvalue weighted by atomic mass is 35.5.